The van der Waals surface area contributed by atoms with Crippen LogP contribution in [0.1, 0.15) is 13.8 Å². The number of aliphatic hydroxyl groups excluding tert-OH is 9. The van der Waals surface area contributed by atoms with E-state index in [9.17, 15) is 55.5 Å². The second-order valence-corrected chi connectivity index (χ2v) is 9.81. The molecule has 15 atom stereocenters. The molecule has 18 nitrogen and oxygen atoms in total. The molecule has 40 heavy (non-hydrogen) atoms. The summed E-state index contributed by atoms with van der Waals surface area (Å²) in [7, 11) is 0. The third-order valence-corrected chi connectivity index (χ3v) is 6.90. The van der Waals surface area contributed by atoms with E-state index in [1.54, 1.807) is 0 Å². The van der Waals surface area contributed by atoms with Gasteiger partial charge in [0.15, 0.2) is 18.9 Å². The molecule has 3 rings (SSSR count). The van der Waals surface area contributed by atoms with E-state index < -0.39 is 124 Å². The minimum Gasteiger partial charge on any atom is -0.394 e. The van der Waals surface area contributed by atoms with Gasteiger partial charge in [-0.25, -0.2) is 0 Å². The molecule has 1 unspecified atom stereocenters. The van der Waals surface area contributed by atoms with Crippen LogP contribution in [0.25, 0.3) is 0 Å². The first-order valence-corrected chi connectivity index (χ1v) is 12.6. The van der Waals surface area contributed by atoms with Crippen LogP contribution in [0.5, 0.6) is 0 Å². The van der Waals surface area contributed by atoms with E-state index in [4.69, 9.17) is 23.7 Å². The Morgan fingerprint density at radius 3 is 1.35 bits per heavy atom. The number of rotatable bonds is 9. The third-order valence-electron chi connectivity index (χ3n) is 6.90. The van der Waals surface area contributed by atoms with Gasteiger partial charge in [-0.05, 0) is 0 Å². The molecule has 0 aromatic heterocycles. The van der Waals surface area contributed by atoms with E-state index in [1.165, 1.54) is 0 Å². The maximum Gasteiger partial charge on any atom is 0.217 e. The van der Waals surface area contributed by atoms with Crippen LogP contribution in [-0.4, -0.2) is 170 Å². The molecule has 0 bridgehead atoms. The second-order valence-electron chi connectivity index (χ2n) is 9.81. The first kappa shape index (κ1) is 32.9. The molecule has 0 spiro atoms. The Morgan fingerprint density at radius 1 is 0.600 bits per heavy atom. The highest BCUT2D eigenvalue weighted by atomic mass is 16.8. The fraction of sp³-hybridized carbons (Fsp3) is 0.909. The van der Waals surface area contributed by atoms with E-state index >= 15 is 0 Å². The lowest BCUT2D eigenvalue weighted by atomic mass is 9.94. The maximum atomic E-state index is 11.8. The van der Waals surface area contributed by atoms with E-state index in [0.717, 1.165) is 13.8 Å². The van der Waals surface area contributed by atoms with Crippen LogP contribution in [0.4, 0.5) is 0 Å². The van der Waals surface area contributed by atoms with E-state index in [0.29, 0.717) is 0 Å². The van der Waals surface area contributed by atoms with Gasteiger partial charge >= 0.3 is 0 Å². The zero-order valence-electron chi connectivity index (χ0n) is 21.7. The Balaban J connectivity index is 1.94. The summed E-state index contributed by atoms with van der Waals surface area (Å²) < 4.78 is 27.9. The van der Waals surface area contributed by atoms with Crippen molar-refractivity contribution in [2.45, 2.75) is 106 Å². The molecule has 0 aliphatic carbocycles. The predicted octanol–water partition coefficient (Wildman–Crippen LogP) is -7.29. The third kappa shape index (κ3) is 7.05. The van der Waals surface area contributed by atoms with Crippen LogP contribution >= 0.6 is 0 Å². The predicted molar refractivity (Wildman–Crippen MR) is 124 cm³/mol. The van der Waals surface area contributed by atoms with Gasteiger partial charge in [0.25, 0.3) is 0 Å². The largest absolute Gasteiger partial charge is 0.394 e. The number of ether oxygens (including phenoxy) is 5. The van der Waals surface area contributed by atoms with Crippen LogP contribution in [0.3, 0.4) is 0 Å². The zero-order valence-corrected chi connectivity index (χ0v) is 21.7. The molecule has 0 radical (unpaired) electrons. The molecule has 0 saturated carbocycles. The molecule has 3 aliphatic heterocycles. The maximum absolute atomic E-state index is 11.8. The number of carbonyl (C=O) groups excluding carboxylic acids is 2. The lowest BCUT2D eigenvalue weighted by Crippen LogP contribution is -2.69. The highest BCUT2D eigenvalue weighted by Gasteiger charge is 2.54. The molecule has 2 amide bonds. The van der Waals surface area contributed by atoms with Gasteiger partial charge in [0, 0.05) is 13.8 Å². The number of hydrogen-bond donors (Lipinski definition) is 11. The fourth-order valence-corrected chi connectivity index (χ4v) is 4.84. The summed E-state index contributed by atoms with van der Waals surface area (Å²) in [4.78, 5) is 23.6. The molecule has 18 heteroatoms. The summed E-state index contributed by atoms with van der Waals surface area (Å²) in [6.45, 7) is -0.151. The van der Waals surface area contributed by atoms with Crippen molar-refractivity contribution in [1.82, 2.24) is 10.6 Å². The number of carbonyl (C=O) groups is 2. The molecule has 3 heterocycles. The standard InChI is InChI=1S/C22H38N2O16/c1-6(28)23-11-16(33)13(30)8(3-25)37-21(11)39-18-15(32)10(5-27)36-20(35)19(18)40-22-12(24-7(2)29)17(34)14(31)9(4-26)38-22/h8-22,25-27,30-35H,3-5H2,1-2H3,(H,23,28)(H,24,29)/t8-,9-,10-,11-,12-,13-,14-,15+,16-,17-,18+,19-,20?,21+,22+/m1/s1. The van der Waals surface area contributed by atoms with Crippen molar-refractivity contribution in [2.75, 3.05) is 19.8 Å². The fourth-order valence-electron chi connectivity index (χ4n) is 4.84. The highest BCUT2D eigenvalue weighted by molar-refractivity contribution is 5.73. The van der Waals surface area contributed by atoms with Crippen LogP contribution in [0, 0.1) is 0 Å². The van der Waals surface area contributed by atoms with Gasteiger partial charge in [0.05, 0.1) is 19.8 Å². The summed E-state index contributed by atoms with van der Waals surface area (Å²) >= 11 is 0. The van der Waals surface area contributed by atoms with E-state index in [1.807, 2.05) is 0 Å². The quantitative estimate of drug-likeness (QED) is 0.120. The number of hydrogen-bond acceptors (Lipinski definition) is 16. The van der Waals surface area contributed by atoms with Crippen molar-refractivity contribution in [3.63, 3.8) is 0 Å². The first-order valence-electron chi connectivity index (χ1n) is 12.6. The lowest BCUT2D eigenvalue weighted by molar-refractivity contribution is -0.374. The van der Waals surface area contributed by atoms with Gasteiger partial charge in [-0.15, -0.1) is 0 Å². The van der Waals surface area contributed by atoms with Gasteiger partial charge in [0.2, 0.25) is 11.8 Å². The van der Waals surface area contributed by atoms with Crippen LogP contribution in [-0.2, 0) is 33.3 Å². The van der Waals surface area contributed by atoms with Crippen molar-refractivity contribution in [3.8, 4) is 0 Å². The minimum atomic E-state index is -1.96. The summed E-state index contributed by atoms with van der Waals surface area (Å²) in [5.41, 5.74) is 0. The number of nitrogens with one attached hydrogen (secondary N) is 2. The van der Waals surface area contributed by atoms with E-state index in [-0.39, 0.29) is 0 Å². The molecule has 0 aromatic carbocycles. The molecule has 3 aliphatic rings. The molecule has 3 fully saturated rings. The van der Waals surface area contributed by atoms with Crippen molar-refractivity contribution in [1.29, 1.82) is 0 Å². The molecule has 0 aromatic rings. The van der Waals surface area contributed by atoms with Crippen molar-refractivity contribution >= 4 is 11.8 Å². The summed E-state index contributed by atoms with van der Waals surface area (Å²) in [5.74, 6) is -1.33. The second kappa shape index (κ2) is 14.0. The normalized spacial score (nSPS) is 46.0. The van der Waals surface area contributed by atoms with Crippen LogP contribution < -0.4 is 10.6 Å². The smallest absolute Gasteiger partial charge is 0.217 e. The number of aliphatic hydroxyl groups is 9. The van der Waals surface area contributed by atoms with E-state index in [2.05, 4.69) is 10.6 Å². The topological polar surface area (TPSA) is 286 Å². The molecule has 3 saturated heterocycles. The van der Waals surface area contributed by atoms with Crippen molar-refractivity contribution in [2.24, 2.45) is 0 Å². The molecular formula is C22H38N2O16. The summed E-state index contributed by atoms with van der Waals surface area (Å²) in [6.07, 6.45) is -21.5. The van der Waals surface area contributed by atoms with Gasteiger partial charge in [-0.1, -0.05) is 0 Å². The Hall–Kier alpha value is -1.62. The highest BCUT2D eigenvalue weighted by Crippen LogP contribution is 2.32. The Bertz CT molecular complexity index is 854. The zero-order chi connectivity index (χ0) is 29.9. The van der Waals surface area contributed by atoms with Gasteiger partial charge in [-0.2, -0.15) is 0 Å². The van der Waals surface area contributed by atoms with Gasteiger partial charge in [-0.3, -0.25) is 9.59 Å². The number of amides is 2. The first-order chi connectivity index (χ1) is 18.8. The Morgan fingerprint density at radius 2 is 0.975 bits per heavy atom. The summed E-state index contributed by atoms with van der Waals surface area (Å²) in [6, 6.07) is -2.91. The van der Waals surface area contributed by atoms with Crippen molar-refractivity contribution in [3.05, 3.63) is 0 Å². The minimum absolute atomic E-state index is 0.666. The van der Waals surface area contributed by atoms with Crippen LogP contribution in [0.15, 0.2) is 0 Å². The summed E-state index contributed by atoms with van der Waals surface area (Å²) in [5, 5.41) is 96.8. The average Bonchev–Trinajstić information content (AvgIpc) is 2.90. The van der Waals surface area contributed by atoms with Gasteiger partial charge < -0.3 is 80.3 Å². The monoisotopic (exact) mass is 586 g/mol. The average molecular weight is 587 g/mol. The van der Waals surface area contributed by atoms with Gasteiger partial charge in [0.1, 0.15) is 73.1 Å². The SMILES string of the molecule is CC(=O)N[C@H]1[C@H](O[C@H]2[C@@H](O)[C@@H](CO)OC(O)[C@@H]2O[C@@H]2O[C@H](CO)[C@@H](O)[C@H](O)[C@H]2NC(C)=O)O[C@H](CO)[C@@H](O)[C@@H]1O. The lowest BCUT2D eigenvalue weighted by Gasteiger charge is -2.49. The Labute approximate surface area is 228 Å². The molecule has 232 valence electrons. The Kier molecular flexibility index (Phi) is 11.5. The molecular weight excluding hydrogens is 548 g/mol. The molecule has 11 N–H and O–H groups in total. The van der Waals surface area contributed by atoms with Crippen LogP contribution in [0.2, 0.25) is 0 Å². The van der Waals surface area contributed by atoms with Crippen molar-refractivity contribution < 1.29 is 79.2 Å².